The molecule has 14 heavy (non-hydrogen) atoms. The van der Waals surface area contributed by atoms with E-state index in [2.05, 4.69) is 16.7 Å². The highest BCUT2D eigenvalue weighted by Crippen LogP contribution is 2.20. The maximum Gasteiger partial charge on any atom is 0.0903 e. The van der Waals surface area contributed by atoms with Crippen LogP contribution in [0.1, 0.15) is 18.1 Å². The molecule has 4 heteroatoms. The Balaban J connectivity index is 2.47. The molecule has 2 rings (SSSR count). The molecule has 0 spiro atoms. The van der Waals surface area contributed by atoms with Gasteiger partial charge in [0.25, 0.3) is 0 Å². The lowest BCUT2D eigenvalue weighted by Crippen LogP contribution is -1.95. The number of nitrogens with zero attached hydrogens (tertiary/aromatic N) is 3. The number of aliphatic hydroxyl groups excluding tert-OH is 1. The summed E-state index contributed by atoms with van der Waals surface area (Å²) < 4.78 is 1.69. The van der Waals surface area contributed by atoms with E-state index in [-0.39, 0.29) is 0 Å². The SMILES string of the molecule is C=CCC(O)c1cnn2ccncc12. The first-order valence-electron chi connectivity index (χ1n) is 4.39. The fraction of sp³-hybridized carbons (Fsp3) is 0.200. The van der Waals surface area contributed by atoms with Crippen molar-refractivity contribution in [3.05, 3.63) is 43.0 Å². The van der Waals surface area contributed by atoms with Crippen molar-refractivity contribution < 1.29 is 5.11 Å². The Hall–Kier alpha value is -1.68. The molecule has 0 bridgehead atoms. The standard InChI is InChI=1S/C10H11N3O/c1-2-3-10(14)8-6-12-13-5-4-11-7-9(8)13/h2,4-7,10,14H,1,3H2. The molecule has 4 nitrogen and oxygen atoms in total. The normalized spacial score (nSPS) is 12.9. The third-order valence-corrected chi connectivity index (χ3v) is 2.10. The zero-order chi connectivity index (χ0) is 9.97. The Morgan fingerprint density at radius 2 is 2.43 bits per heavy atom. The summed E-state index contributed by atoms with van der Waals surface area (Å²) in [5.41, 5.74) is 1.62. The number of hydrogen-bond acceptors (Lipinski definition) is 3. The van der Waals surface area contributed by atoms with Gasteiger partial charge in [0.15, 0.2) is 0 Å². The summed E-state index contributed by atoms with van der Waals surface area (Å²) in [6, 6.07) is 0. The Morgan fingerprint density at radius 3 is 3.21 bits per heavy atom. The van der Waals surface area contributed by atoms with Crippen molar-refractivity contribution >= 4 is 5.52 Å². The van der Waals surface area contributed by atoms with Gasteiger partial charge >= 0.3 is 0 Å². The molecule has 0 aliphatic heterocycles. The Bertz CT molecular complexity index is 449. The van der Waals surface area contributed by atoms with Gasteiger partial charge in [-0.05, 0) is 6.42 Å². The fourth-order valence-corrected chi connectivity index (χ4v) is 1.39. The lowest BCUT2D eigenvalue weighted by molar-refractivity contribution is 0.183. The molecular formula is C10H11N3O. The van der Waals surface area contributed by atoms with E-state index < -0.39 is 6.10 Å². The van der Waals surface area contributed by atoms with Crippen molar-refractivity contribution in [3.63, 3.8) is 0 Å². The highest BCUT2D eigenvalue weighted by atomic mass is 16.3. The van der Waals surface area contributed by atoms with Crippen LogP contribution in [-0.2, 0) is 0 Å². The van der Waals surface area contributed by atoms with Crippen LogP contribution in [0.4, 0.5) is 0 Å². The molecule has 0 saturated carbocycles. The summed E-state index contributed by atoms with van der Waals surface area (Å²) in [7, 11) is 0. The van der Waals surface area contributed by atoms with Crippen LogP contribution in [0.15, 0.2) is 37.4 Å². The van der Waals surface area contributed by atoms with Crippen LogP contribution >= 0.6 is 0 Å². The molecule has 0 aromatic carbocycles. The van der Waals surface area contributed by atoms with Gasteiger partial charge in [0.05, 0.1) is 24.0 Å². The minimum absolute atomic E-state index is 0.524. The summed E-state index contributed by atoms with van der Waals surface area (Å²) in [5.74, 6) is 0. The van der Waals surface area contributed by atoms with E-state index in [0.29, 0.717) is 6.42 Å². The summed E-state index contributed by atoms with van der Waals surface area (Å²) in [4.78, 5) is 3.99. The first kappa shape index (κ1) is 8.90. The maximum atomic E-state index is 9.76. The van der Waals surface area contributed by atoms with Gasteiger partial charge in [-0.1, -0.05) is 6.08 Å². The minimum atomic E-state index is -0.547. The average molecular weight is 189 g/mol. The highest BCUT2D eigenvalue weighted by Gasteiger charge is 2.11. The van der Waals surface area contributed by atoms with Crippen LogP contribution in [0.3, 0.4) is 0 Å². The van der Waals surface area contributed by atoms with Crippen LogP contribution < -0.4 is 0 Å². The average Bonchev–Trinajstić information content (AvgIpc) is 2.61. The van der Waals surface area contributed by atoms with Gasteiger partial charge in [-0.2, -0.15) is 5.10 Å². The third kappa shape index (κ3) is 1.40. The molecule has 0 saturated heterocycles. The van der Waals surface area contributed by atoms with Gasteiger partial charge in [-0.3, -0.25) is 4.98 Å². The van der Waals surface area contributed by atoms with Gasteiger partial charge in [-0.25, -0.2) is 4.52 Å². The largest absolute Gasteiger partial charge is 0.388 e. The molecule has 1 unspecified atom stereocenters. The third-order valence-electron chi connectivity index (χ3n) is 2.10. The van der Waals surface area contributed by atoms with E-state index in [0.717, 1.165) is 11.1 Å². The Kier molecular flexibility index (Phi) is 2.28. The second-order valence-electron chi connectivity index (χ2n) is 3.05. The monoisotopic (exact) mass is 189 g/mol. The van der Waals surface area contributed by atoms with Crippen LogP contribution in [0.2, 0.25) is 0 Å². The summed E-state index contributed by atoms with van der Waals surface area (Å²) >= 11 is 0. The zero-order valence-electron chi connectivity index (χ0n) is 7.67. The summed E-state index contributed by atoms with van der Waals surface area (Å²) in [6.45, 7) is 3.59. The number of aromatic nitrogens is 3. The Morgan fingerprint density at radius 1 is 1.57 bits per heavy atom. The fourth-order valence-electron chi connectivity index (χ4n) is 1.39. The highest BCUT2D eigenvalue weighted by molar-refractivity contribution is 5.52. The van der Waals surface area contributed by atoms with E-state index in [1.807, 2.05) is 0 Å². The van der Waals surface area contributed by atoms with E-state index in [9.17, 15) is 5.11 Å². The number of aliphatic hydroxyl groups is 1. The van der Waals surface area contributed by atoms with Crippen molar-refractivity contribution in [2.24, 2.45) is 0 Å². The van der Waals surface area contributed by atoms with E-state index in [1.54, 1.807) is 35.4 Å². The van der Waals surface area contributed by atoms with Crippen LogP contribution in [0.25, 0.3) is 5.52 Å². The predicted octanol–water partition coefficient (Wildman–Crippen LogP) is 1.34. The first-order chi connectivity index (χ1) is 6.83. The van der Waals surface area contributed by atoms with Gasteiger partial charge in [-0.15, -0.1) is 6.58 Å². The molecule has 1 atom stereocenters. The van der Waals surface area contributed by atoms with Gasteiger partial charge in [0, 0.05) is 18.0 Å². The summed E-state index contributed by atoms with van der Waals surface area (Å²) in [6.07, 6.45) is 8.41. The van der Waals surface area contributed by atoms with Crippen molar-refractivity contribution in [3.8, 4) is 0 Å². The van der Waals surface area contributed by atoms with Gasteiger partial charge < -0.3 is 5.11 Å². The molecule has 0 aliphatic rings. The number of fused-ring (bicyclic) bond motifs is 1. The first-order valence-corrected chi connectivity index (χ1v) is 4.39. The van der Waals surface area contributed by atoms with Crippen molar-refractivity contribution in [2.45, 2.75) is 12.5 Å². The molecule has 2 aromatic rings. The topological polar surface area (TPSA) is 50.4 Å². The van der Waals surface area contributed by atoms with Crippen molar-refractivity contribution in [1.29, 1.82) is 0 Å². The van der Waals surface area contributed by atoms with E-state index in [1.165, 1.54) is 0 Å². The van der Waals surface area contributed by atoms with E-state index in [4.69, 9.17) is 0 Å². The molecule has 72 valence electrons. The summed E-state index contributed by atoms with van der Waals surface area (Å²) in [5, 5.41) is 13.9. The quantitative estimate of drug-likeness (QED) is 0.741. The molecule has 2 aromatic heterocycles. The lowest BCUT2D eigenvalue weighted by atomic mass is 10.1. The van der Waals surface area contributed by atoms with Gasteiger partial charge in [0.1, 0.15) is 0 Å². The second-order valence-corrected chi connectivity index (χ2v) is 3.05. The van der Waals surface area contributed by atoms with Crippen molar-refractivity contribution in [2.75, 3.05) is 0 Å². The lowest BCUT2D eigenvalue weighted by Gasteiger charge is -2.04. The zero-order valence-corrected chi connectivity index (χ0v) is 7.67. The van der Waals surface area contributed by atoms with E-state index >= 15 is 0 Å². The molecular weight excluding hydrogens is 178 g/mol. The molecule has 1 N–H and O–H groups in total. The smallest absolute Gasteiger partial charge is 0.0903 e. The number of hydrogen-bond donors (Lipinski definition) is 1. The maximum absolute atomic E-state index is 9.76. The molecule has 0 aliphatic carbocycles. The van der Waals surface area contributed by atoms with Gasteiger partial charge in [0.2, 0.25) is 0 Å². The molecule has 0 fully saturated rings. The Labute approximate surface area is 81.5 Å². The molecule has 0 amide bonds. The van der Waals surface area contributed by atoms with Crippen LogP contribution in [0, 0.1) is 0 Å². The van der Waals surface area contributed by atoms with Crippen LogP contribution in [0.5, 0.6) is 0 Å². The minimum Gasteiger partial charge on any atom is -0.388 e. The predicted molar refractivity (Wildman–Crippen MR) is 52.8 cm³/mol. The van der Waals surface area contributed by atoms with Crippen molar-refractivity contribution in [1.82, 2.24) is 14.6 Å². The van der Waals surface area contributed by atoms with Crippen LogP contribution in [-0.4, -0.2) is 19.7 Å². The second kappa shape index (κ2) is 3.59. The molecule has 2 heterocycles. The molecule has 0 radical (unpaired) electrons. The number of rotatable bonds is 3.